The molecule has 1 saturated heterocycles. The van der Waals surface area contributed by atoms with Gasteiger partial charge in [0.05, 0.1) is 10.5 Å². The highest BCUT2D eigenvalue weighted by Gasteiger charge is 2.31. The molecule has 0 atom stereocenters. The van der Waals surface area contributed by atoms with E-state index in [-0.39, 0.29) is 37.7 Å². The highest BCUT2D eigenvalue weighted by atomic mass is 35.5. The van der Waals surface area contributed by atoms with E-state index in [4.69, 9.17) is 0 Å². The first kappa shape index (κ1) is 23.7. The van der Waals surface area contributed by atoms with Gasteiger partial charge < -0.3 is 10.2 Å². The fourth-order valence-corrected chi connectivity index (χ4v) is 3.74. The van der Waals surface area contributed by atoms with Gasteiger partial charge in [0, 0.05) is 32.6 Å². The second kappa shape index (κ2) is 10.3. The van der Waals surface area contributed by atoms with E-state index in [1.54, 1.807) is 4.90 Å². The number of nitrogens with one attached hydrogen (secondary N) is 2. The molecule has 1 aliphatic heterocycles. The molecule has 11 heteroatoms. The van der Waals surface area contributed by atoms with E-state index in [0.29, 0.717) is 19.2 Å². The minimum atomic E-state index is -4.61. The van der Waals surface area contributed by atoms with Gasteiger partial charge in [-0.25, -0.2) is 13.1 Å². The van der Waals surface area contributed by atoms with Crippen molar-refractivity contribution in [3.05, 3.63) is 29.8 Å². The van der Waals surface area contributed by atoms with Crippen molar-refractivity contribution in [1.29, 1.82) is 0 Å². The molecule has 1 aliphatic rings. The van der Waals surface area contributed by atoms with Gasteiger partial charge in [0.25, 0.3) is 0 Å². The first-order chi connectivity index (χ1) is 12.2. The van der Waals surface area contributed by atoms with Crippen molar-refractivity contribution in [2.24, 2.45) is 0 Å². The Bertz CT molecular complexity index is 721. The van der Waals surface area contributed by atoms with Gasteiger partial charge in [-0.15, -0.1) is 12.4 Å². The lowest BCUT2D eigenvalue weighted by Gasteiger charge is -2.19. The number of hydrogen-bond donors (Lipinski definition) is 2. The predicted octanol–water partition coefficient (Wildman–Crippen LogP) is 2.01. The van der Waals surface area contributed by atoms with Gasteiger partial charge in [0.15, 0.2) is 0 Å². The Hall–Kier alpha value is -1.36. The average Bonchev–Trinajstić information content (AvgIpc) is 2.87. The van der Waals surface area contributed by atoms with Crippen LogP contribution < -0.4 is 10.0 Å². The Morgan fingerprint density at radius 2 is 1.96 bits per heavy atom. The summed E-state index contributed by atoms with van der Waals surface area (Å²) in [4.78, 5) is 13.4. The fourth-order valence-electron chi connectivity index (χ4n) is 2.62. The molecule has 0 aromatic heterocycles. The van der Waals surface area contributed by atoms with Gasteiger partial charge in [-0.05, 0) is 37.6 Å². The van der Waals surface area contributed by atoms with Crippen LogP contribution in [-0.2, 0) is 21.0 Å². The number of hydrogen-bond acceptors (Lipinski definition) is 4. The Balaban J connectivity index is 0.00000364. The summed E-state index contributed by atoms with van der Waals surface area (Å²) < 4.78 is 64.6. The number of amides is 1. The maximum Gasteiger partial charge on any atom is 0.416 e. The summed E-state index contributed by atoms with van der Waals surface area (Å²) >= 11 is 0. The van der Waals surface area contributed by atoms with Crippen molar-refractivity contribution < 1.29 is 26.4 Å². The summed E-state index contributed by atoms with van der Waals surface area (Å²) in [5.74, 6) is -0.0491. The number of halogens is 4. The van der Waals surface area contributed by atoms with E-state index in [9.17, 15) is 26.4 Å². The van der Waals surface area contributed by atoms with Crippen LogP contribution in [0.5, 0.6) is 0 Å². The first-order valence-corrected chi connectivity index (χ1v) is 9.84. The smallest absolute Gasteiger partial charge is 0.341 e. The fraction of sp³-hybridized carbons (Fsp3) is 0.562. The summed E-state index contributed by atoms with van der Waals surface area (Å²) in [7, 11) is -4.06. The highest BCUT2D eigenvalue weighted by Crippen LogP contribution is 2.30. The van der Waals surface area contributed by atoms with E-state index < -0.39 is 26.7 Å². The van der Waals surface area contributed by atoms with Gasteiger partial charge >= 0.3 is 6.18 Å². The lowest BCUT2D eigenvalue weighted by Crippen LogP contribution is -2.34. The van der Waals surface area contributed by atoms with E-state index in [1.807, 2.05) is 0 Å². The predicted molar refractivity (Wildman–Crippen MR) is 97.2 cm³/mol. The highest BCUT2D eigenvalue weighted by molar-refractivity contribution is 7.89. The average molecular weight is 430 g/mol. The van der Waals surface area contributed by atoms with Crippen LogP contribution in [0.3, 0.4) is 0 Å². The number of rotatable bonds is 6. The SMILES string of the molecule is Cl.O=C(CCCNS(=O)(=O)c1cccc(C(F)(F)F)c1)N1CCCNCC1. The number of alkyl halides is 3. The van der Waals surface area contributed by atoms with Crippen molar-refractivity contribution in [3.8, 4) is 0 Å². The molecule has 27 heavy (non-hydrogen) atoms. The third-order valence-corrected chi connectivity index (χ3v) is 5.48. The van der Waals surface area contributed by atoms with Crippen LogP contribution in [0.25, 0.3) is 0 Å². The summed E-state index contributed by atoms with van der Waals surface area (Å²) in [6.45, 7) is 2.86. The zero-order valence-corrected chi connectivity index (χ0v) is 16.2. The summed E-state index contributed by atoms with van der Waals surface area (Å²) in [5.41, 5.74) is -1.02. The van der Waals surface area contributed by atoms with Crippen LogP contribution in [0.15, 0.2) is 29.2 Å². The summed E-state index contributed by atoms with van der Waals surface area (Å²) in [6, 6.07) is 3.56. The van der Waals surface area contributed by atoms with Gasteiger partial charge in [-0.1, -0.05) is 6.07 Å². The maximum atomic E-state index is 12.7. The maximum absolute atomic E-state index is 12.7. The molecule has 1 heterocycles. The van der Waals surface area contributed by atoms with Gasteiger partial charge in [0.2, 0.25) is 15.9 Å². The molecule has 0 spiro atoms. The minimum absolute atomic E-state index is 0. The number of benzene rings is 1. The zero-order chi connectivity index (χ0) is 19.2. The molecular weight excluding hydrogens is 407 g/mol. The number of carbonyl (C=O) groups is 1. The van der Waals surface area contributed by atoms with Gasteiger partial charge in [-0.2, -0.15) is 13.2 Å². The van der Waals surface area contributed by atoms with Crippen molar-refractivity contribution in [2.75, 3.05) is 32.7 Å². The van der Waals surface area contributed by atoms with Crippen molar-refractivity contribution in [3.63, 3.8) is 0 Å². The van der Waals surface area contributed by atoms with E-state index in [1.165, 1.54) is 0 Å². The summed E-state index contributed by atoms with van der Waals surface area (Å²) in [6.07, 6.45) is -3.28. The van der Waals surface area contributed by atoms with Crippen LogP contribution in [0, 0.1) is 0 Å². The largest absolute Gasteiger partial charge is 0.416 e. The van der Waals surface area contributed by atoms with E-state index in [0.717, 1.165) is 37.7 Å². The first-order valence-electron chi connectivity index (χ1n) is 8.35. The molecular formula is C16H23ClF3N3O3S. The zero-order valence-electron chi connectivity index (χ0n) is 14.6. The Morgan fingerprint density at radius 1 is 1.22 bits per heavy atom. The van der Waals surface area contributed by atoms with Gasteiger partial charge in [0.1, 0.15) is 0 Å². The molecule has 6 nitrogen and oxygen atoms in total. The third kappa shape index (κ3) is 7.28. The molecule has 0 unspecified atom stereocenters. The Morgan fingerprint density at radius 3 is 2.67 bits per heavy atom. The molecule has 1 aromatic carbocycles. The second-order valence-corrected chi connectivity index (χ2v) is 7.78. The number of sulfonamides is 1. The monoisotopic (exact) mass is 429 g/mol. The molecule has 1 fully saturated rings. The molecule has 1 aromatic rings. The van der Waals surface area contributed by atoms with Crippen molar-refractivity contribution >= 4 is 28.3 Å². The third-order valence-electron chi connectivity index (χ3n) is 4.02. The molecule has 154 valence electrons. The molecule has 0 aliphatic carbocycles. The minimum Gasteiger partial charge on any atom is -0.341 e. The molecule has 2 N–H and O–H groups in total. The molecule has 1 amide bonds. The van der Waals surface area contributed by atoms with Crippen LogP contribution in [-0.4, -0.2) is 51.9 Å². The Kier molecular flexibility index (Phi) is 9.00. The quantitative estimate of drug-likeness (QED) is 0.678. The van der Waals surface area contributed by atoms with Crippen LogP contribution >= 0.6 is 12.4 Å². The normalized spacial score (nSPS) is 15.7. The Labute approximate surface area is 163 Å². The van der Waals surface area contributed by atoms with E-state index >= 15 is 0 Å². The van der Waals surface area contributed by atoms with Crippen LogP contribution in [0.1, 0.15) is 24.8 Å². The second-order valence-electron chi connectivity index (χ2n) is 6.01. The molecule has 0 radical (unpaired) electrons. The van der Waals surface area contributed by atoms with Crippen LogP contribution in [0.4, 0.5) is 13.2 Å². The lowest BCUT2D eigenvalue weighted by atomic mass is 10.2. The van der Waals surface area contributed by atoms with Crippen LogP contribution in [0.2, 0.25) is 0 Å². The van der Waals surface area contributed by atoms with E-state index in [2.05, 4.69) is 10.0 Å². The lowest BCUT2D eigenvalue weighted by molar-refractivity contribution is -0.137. The van der Waals surface area contributed by atoms with Crippen molar-refractivity contribution in [2.45, 2.75) is 30.3 Å². The topological polar surface area (TPSA) is 78.5 Å². The standard InChI is InChI=1S/C16H22F3N3O3S.ClH/c17-16(18,19)13-4-1-5-14(12-13)26(24,25)21-8-2-6-15(23)22-10-3-7-20-9-11-22;/h1,4-5,12,20-21H,2-3,6-11H2;1H. The summed E-state index contributed by atoms with van der Waals surface area (Å²) in [5, 5.41) is 3.19. The molecule has 0 bridgehead atoms. The van der Waals surface area contributed by atoms with Gasteiger partial charge in [-0.3, -0.25) is 4.79 Å². The van der Waals surface area contributed by atoms with Crippen molar-refractivity contribution in [1.82, 2.24) is 14.9 Å². The number of nitrogens with zero attached hydrogens (tertiary/aromatic N) is 1. The molecule has 2 rings (SSSR count). The number of carbonyl (C=O) groups excluding carboxylic acids is 1. The molecule has 0 saturated carbocycles.